The van der Waals surface area contributed by atoms with Crippen LogP contribution in [0.3, 0.4) is 0 Å². The van der Waals surface area contributed by atoms with Crippen molar-refractivity contribution in [3.8, 4) is 0 Å². The summed E-state index contributed by atoms with van der Waals surface area (Å²) in [5.74, 6) is -1.60. The minimum atomic E-state index is -1.10. The van der Waals surface area contributed by atoms with E-state index in [9.17, 15) is 14.7 Å². The van der Waals surface area contributed by atoms with E-state index in [4.69, 9.17) is 4.74 Å². The standard InChI is InChI=1S/C18H22N2O4/c1-18(2,3)24-11-9-14(17(22)23)20-16(21)15-13-7-5-4-6-12(13)8-10-19-15/h4-8,10,14H,9,11H2,1-3H3,(H,20,21)(H,22,23). The maximum absolute atomic E-state index is 12.5. The maximum atomic E-state index is 12.5. The number of hydrogen-bond donors (Lipinski definition) is 2. The Morgan fingerprint density at radius 2 is 1.96 bits per heavy atom. The average Bonchev–Trinajstić information content (AvgIpc) is 2.52. The number of rotatable bonds is 6. The number of aromatic nitrogens is 1. The molecular weight excluding hydrogens is 308 g/mol. The van der Waals surface area contributed by atoms with Crippen molar-refractivity contribution in [1.82, 2.24) is 10.3 Å². The van der Waals surface area contributed by atoms with E-state index in [0.29, 0.717) is 5.39 Å². The second kappa shape index (κ2) is 7.40. The third-order valence-corrected chi connectivity index (χ3v) is 3.43. The monoisotopic (exact) mass is 330 g/mol. The quantitative estimate of drug-likeness (QED) is 0.850. The summed E-state index contributed by atoms with van der Waals surface area (Å²) in [5, 5.41) is 13.4. The van der Waals surface area contributed by atoms with Gasteiger partial charge in [0.1, 0.15) is 11.7 Å². The minimum Gasteiger partial charge on any atom is -0.480 e. The third-order valence-electron chi connectivity index (χ3n) is 3.43. The second-order valence-corrected chi connectivity index (χ2v) is 6.49. The minimum absolute atomic E-state index is 0.184. The fourth-order valence-electron chi connectivity index (χ4n) is 2.27. The molecule has 2 rings (SSSR count). The van der Waals surface area contributed by atoms with Crippen molar-refractivity contribution in [3.63, 3.8) is 0 Å². The van der Waals surface area contributed by atoms with E-state index < -0.39 is 17.9 Å². The van der Waals surface area contributed by atoms with Gasteiger partial charge in [-0.3, -0.25) is 9.78 Å². The average molecular weight is 330 g/mol. The highest BCUT2D eigenvalue weighted by Crippen LogP contribution is 2.16. The number of fused-ring (bicyclic) bond motifs is 1. The number of nitrogens with zero attached hydrogens (tertiary/aromatic N) is 1. The molecule has 0 spiro atoms. The van der Waals surface area contributed by atoms with Crippen LogP contribution in [0.25, 0.3) is 10.8 Å². The Labute approximate surface area is 140 Å². The Bertz CT molecular complexity index is 732. The van der Waals surface area contributed by atoms with Gasteiger partial charge >= 0.3 is 5.97 Å². The lowest BCUT2D eigenvalue weighted by Gasteiger charge is -2.21. The van der Waals surface area contributed by atoms with Crippen LogP contribution in [0.5, 0.6) is 0 Å². The largest absolute Gasteiger partial charge is 0.480 e. The van der Waals surface area contributed by atoms with Crippen LogP contribution in [0.2, 0.25) is 0 Å². The molecule has 0 aliphatic carbocycles. The molecule has 128 valence electrons. The summed E-state index contributed by atoms with van der Waals surface area (Å²) in [6.07, 6.45) is 1.72. The van der Waals surface area contributed by atoms with Gasteiger partial charge in [-0.15, -0.1) is 0 Å². The van der Waals surface area contributed by atoms with Gasteiger partial charge in [0, 0.05) is 24.6 Å². The molecule has 0 bridgehead atoms. The van der Waals surface area contributed by atoms with E-state index in [1.165, 1.54) is 6.20 Å². The SMILES string of the molecule is CC(C)(C)OCCC(NC(=O)c1nccc2ccccc12)C(=O)O. The first-order valence-corrected chi connectivity index (χ1v) is 7.79. The van der Waals surface area contributed by atoms with Crippen LogP contribution < -0.4 is 5.32 Å². The van der Waals surface area contributed by atoms with E-state index in [0.717, 1.165) is 5.39 Å². The summed E-state index contributed by atoms with van der Waals surface area (Å²) in [7, 11) is 0. The fraction of sp³-hybridized carbons (Fsp3) is 0.389. The van der Waals surface area contributed by atoms with Crippen molar-refractivity contribution < 1.29 is 19.4 Å². The van der Waals surface area contributed by atoms with Gasteiger partial charge < -0.3 is 15.2 Å². The van der Waals surface area contributed by atoms with Crippen LogP contribution in [0.15, 0.2) is 36.5 Å². The Morgan fingerprint density at radius 1 is 1.25 bits per heavy atom. The molecular formula is C18H22N2O4. The van der Waals surface area contributed by atoms with E-state index in [1.807, 2.05) is 39.0 Å². The van der Waals surface area contributed by atoms with Crippen molar-refractivity contribution in [2.24, 2.45) is 0 Å². The highest BCUT2D eigenvalue weighted by molar-refractivity contribution is 6.06. The summed E-state index contributed by atoms with van der Waals surface area (Å²) >= 11 is 0. The van der Waals surface area contributed by atoms with Crippen LogP contribution in [0.4, 0.5) is 0 Å². The summed E-state index contributed by atoms with van der Waals surface area (Å²) in [6, 6.07) is 8.12. The van der Waals surface area contributed by atoms with Gasteiger partial charge in [0.25, 0.3) is 5.91 Å². The maximum Gasteiger partial charge on any atom is 0.326 e. The Kier molecular flexibility index (Phi) is 5.51. The van der Waals surface area contributed by atoms with Crippen LogP contribution in [0, 0.1) is 0 Å². The molecule has 0 saturated carbocycles. The van der Waals surface area contributed by atoms with E-state index in [1.54, 1.807) is 12.1 Å². The lowest BCUT2D eigenvalue weighted by molar-refractivity contribution is -0.140. The smallest absolute Gasteiger partial charge is 0.326 e. The fourth-order valence-corrected chi connectivity index (χ4v) is 2.27. The number of pyridine rings is 1. The molecule has 0 fully saturated rings. The lowest BCUT2D eigenvalue weighted by atomic mass is 10.1. The molecule has 1 aromatic heterocycles. The number of benzene rings is 1. The molecule has 0 radical (unpaired) electrons. The van der Waals surface area contributed by atoms with E-state index in [2.05, 4.69) is 10.3 Å². The van der Waals surface area contributed by atoms with Crippen LogP contribution in [0.1, 0.15) is 37.7 Å². The molecule has 1 atom stereocenters. The molecule has 1 amide bonds. The lowest BCUT2D eigenvalue weighted by Crippen LogP contribution is -2.42. The molecule has 0 aliphatic rings. The highest BCUT2D eigenvalue weighted by Gasteiger charge is 2.23. The van der Waals surface area contributed by atoms with Crippen molar-refractivity contribution in [3.05, 3.63) is 42.2 Å². The summed E-state index contributed by atoms with van der Waals surface area (Å²) < 4.78 is 5.54. The highest BCUT2D eigenvalue weighted by atomic mass is 16.5. The molecule has 2 N–H and O–H groups in total. The van der Waals surface area contributed by atoms with Crippen molar-refractivity contribution in [2.75, 3.05) is 6.61 Å². The third kappa shape index (κ3) is 4.76. The van der Waals surface area contributed by atoms with Gasteiger partial charge in [0.2, 0.25) is 0 Å². The Balaban J connectivity index is 2.11. The first-order chi connectivity index (χ1) is 11.3. The first kappa shape index (κ1) is 17.9. The molecule has 0 aliphatic heterocycles. The summed E-state index contributed by atoms with van der Waals surface area (Å²) in [6.45, 7) is 5.91. The van der Waals surface area contributed by atoms with Crippen molar-refractivity contribution in [1.29, 1.82) is 0 Å². The van der Waals surface area contributed by atoms with Gasteiger partial charge in [-0.05, 0) is 32.2 Å². The zero-order valence-electron chi connectivity index (χ0n) is 14.1. The molecule has 0 saturated heterocycles. The van der Waals surface area contributed by atoms with Crippen LogP contribution in [-0.2, 0) is 9.53 Å². The zero-order valence-corrected chi connectivity index (χ0v) is 14.1. The summed E-state index contributed by atoms with van der Waals surface area (Å²) in [5.41, 5.74) is -0.138. The molecule has 6 nitrogen and oxygen atoms in total. The molecule has 2 aromatic rings. The number of amides is 1. The van der Waals surface area contributed by atoms with Crippen LogP contribution >= 0.6 is 0 Å². The molecule has 24 heavy (non-hydrogen) atoms. The molecule has 1 heterocycles. The van der Waals surface area contributed by atoms with Crippen LogP contribution in [-0.4, -0.2) is 40.2 Å². The second-order valence-electron chi connectivity index (χ2n) is 6.49. The molecule has 1 unspecified atom stereocenters. The first-order valence-electron chi connectivity index (χ1n) is 7.79. The number of nitrogens with one attached hydrogen (secondary N) is 1. The normalized spacial score (nSPS) is 12.8. The van der Waals surface area contributed by atoms with E-state index in [-0.39, 0.29) is 24.3 Å². The Hall–Kier alpha value is -2.47. The van der Waals surface area contributed by atoms with Gasteiger partial charge in [-0.1, -0.05) is 24.3 Å². The topological polar surface area (TPSA) is 88.5 Å². The number of carbonyl (C=O) groups is 2. The zero-order chi connectivity index (χ0) is 17.7. The van der Waals surface area contributed by atoms with E-state index >= 15 is 0 Å². The Morgan fingerprint density at radius 3 is 2.62 bits per heavy atom. The van der Waals surface area contributed by atoms with Gasteiger partial charge in [0.15, 0.2) is 0 Å². The van der Waals surface area contributed by atoms with Gasteiger partial charge in [-0.25, -0.2) is 4.79 Å². The number of ether oxygens (including phenoxy) is 1. The number of carboxylic acid groups (broad SMARTS) is 1. The predicted molar refractivity (Wildman–Crippen MR) is 91.0 cm³/mol. The summed E-state index contributed by atoms with van der Waals surface area (Å²) in [4.78, 5) is 28.0. The molecule has 1 aromatic carbocycles. The number of carbonyl (C=O) groups excluding carboxylic acids is 1. The number of aliphatic carboxylic acids is 1. The molecule has 6 heteroatoms. The number of hydrogen-bond acceptors (Lipinski definition) is 4. The van der Waals surface area contributed by atoms with Gasteiger partial charge in [0.05, 0.1) is 5.60 Å². The van der Waals surface area contributed by atoms with Crippen molar-refractivity contribution >= 4 is 22.6 Å². The number of carboxylic acids is 1. The predicted octanol–water partition coefficient (Wildman–Crippen LogP) is 2.62. The van der Waals surface area contributed by atoms with Crippen molar-refractivity contribution in [2.45, 2.75) is 38.8 Å². The van der Waals surface area contributed by atoms with Gasteiger partial charge in [-0.2, -0.15) is 0 Å².